The van der Waals surface area contributed by atoms with E-state index in [0.29, 0.717) is 13.1 Å². The van der Waals surface area contributed by atoms with Crippen molar-refractivity contribution in [3.63, 3.8) is 0 Å². The molecule has 86 valence electrons. The first-order chi connectivity index (χ1) is 6.98. The molecule has 1 unspecified atom stereocenters. The van der Waals surface area contributed by atoms with Crippen molar-refractivity contribution >= 4 is 5.91 Å². The fraction of sp³-hybridized carbons (Fsp3) is 0.900. The first-order valence-corrected chi connectivity index (χ1v) is 5.38. The lowest BCUT2D eigenvalue weighted by Crippen LogP contribution is -2.55. The van der Waals surface area contributed by atoms with Gasteiger partial charge < -0.3 is 10.2 Å². The molecular weight excluding hydrogens is 202 g/mol. The minimum atomic E-state index is -2.60. The van der Waals surface area contributed by atoms with Crippen LogP contribution in [0.2, 0.25) is 0 Å². The molecule has 1 aliphatic heterocycles. The van der Waals surface area contributed by atoms with Crippen LogP contribution in [0, 0.1) is 5.92 Å². The van der Waals surface area contributed by atoms with Gasteiger partial charge in [-0.1, -0.05) is 0 Å². The number of piperazine rings is 1. The number of rotatable bonds is 1. The molecule has 0 radical (unpaired) electrons. The lowest BCUT2D eigenvalue weighted by atomic mass is 9.80. The Balaban J connectivity index is 1.86. The predicted molar refractivity (Wildman–Crippen MR) is 51.7 cm³/mol. The molecule has 0 spiro atoms. The minimum Gasteiger partial charge on any atom is -0.340 e. The molecule has 0 aromatic rings. The lowest BCUT2D eigenvalue weighted by Gasteiger charge is -2.39. The van der Waals surface area contributed by atoms with Gasteiger partial charge in [0.2, 0.25) is 11.8 Å². The SMILES string of the molecule is CC1CN(C(=O)C2CC(F)(F)C2)CCN1. The zero-order valence-corrected chi connectivity index (χ0v) is 8.80. The molecule has 2 aliphatic rings. The van der Waals surface area contributed by atoms with Gasteiger partial charge in [-0.05, 0) is 6.92 Å². The van der Waals surface area contributed by atoms with Crippen molar-refractivity contribution in [3.8, 4) is 0 Å². The molecule has 5 heteroatoms. The number of nitrogens with one attached hydrogen (secondary N) is 1. The fourth-order valence-electron chi connectivity index (χ4n) is 2.23. The molecule has 15 heavy (non-hydrogen) atoms. The van der Waals surface area contributed by atoms with E-state index in [1.54, 1.807) is 4.90 Å². The Labute approximate surface area is 87.8 Å². The molecule has 1 saturated heterocycles. The van der Waals surface area contributed by atoms with E-state index in [1.807, 2.05) is 6.92 Å². The number of amides is 1. The average molecular weight is 218 g/mol. The van der Waals surface area contributed by atoms with E-state index in [1.165, 1.54) is 0 Å². The van der Waals surface area contributed by atoms with E-state index >= 15 is 0 Å². The maximum absolute atomic E-state index is 12.6. The highest BCUT2D eigenvalue weighted by molar-refractivity contribution is 5.80. The Hall–Kier alpha value is -0.710. The maximum atomic E-state index is 12.6. The Morgan fingerprint density at radius 2 is 2.13 bits per heavy atom. The number of nitrogens with zero attached hydrogens (tertiary/aromatic N) is 1. The summed E-state index contributed by atoms with van der Waals surface area (Å²) in [7, 11) is 0. The number of alkyl halides is 2. The summed E-state index contributed by atoms with van der Waals surface area (Å²) in [5.74, 6) is -3.13. The molecule has 0 aromatic heterocycles. The average Bonchev–Trinajstić information content (AvgIpc) is 2.13. The van der Waals surface area contributed by atoms with Gasteiger partial charge in [0.05, 0.1) is 0 Å². The number of halogens is 2. The van der Waals surface area contributed by atoms with Gasteiger partial charge in [-0.2, -0.15) is 0 Å². The van der Waals surface area contributed by atoms with Crippen LogP contribution in [0.3, 0.4) is 0 Å². The van der Waals surface area contributed by atoms with E-state index in [-0.39, 0.29) is 24.8 Å². The molecule has 0 aromatic carbocycles. The molecule has 3 nitrogen and oxygen atoms in total. The summed E-state index contributed by atoms with van der Waals surface area (Å²) < 4.78 is 25.2. The van der Waals surface area contributed by atoms with Gasteiger partial charge >= 0.3 is 0 Å². The third-order valence-corrected chi connectivity index (χ3v) is 3.12. The summed E-state index contributed by atoms with van der Waals surface area (Å²) >= 11 is 0. The molecule has 2 fully saturated rings. The third kappa shape index (κ3) is 2.27. The molecule has 1 heterocycles. The molecular formula is C10H16F2N2O. The molecule has 1 N–H and O–H groups in total. The summed E-state index contributed by atoms with van der Waals surface area (Å²) in [6, 6.07) is 0.267. The van der Waals surface area contributed by atoms with Crippen LogP contribution in [0.4, 0.5) is 8.78 Å². The molecule has 0 bridgehead atoms. The van der Waals surface area contributed by atoms with Gasteiger partial charge in [0.25, 0.3) is 0 Å². The van der Waals surface area contributed by atoms with Crippen LogP contribution in [0.15, 0.2) is 0 Å². The van der Waals surface area contributed by atoms with E-state index in [4.69, 9.17) is 0 Å². The number of hydrogen-bond acceptors (Lipinski definition) is 2. The largest absolute Gasteiger partial charge is 0.340 e. The first kappa shape index (κ1) is 10.8. The van der Waals surface area contributed by atoms with E-state index in [0.717, 1.165) is 6.54 Å². The zero-order valence-electron chi connectivity index (χ0n) is 8.80. The second-order valence-corrected chi connectivity index (χ2v) is 4.60. The van der Waals surface area contributed by atoms with E-state index in [2.05, 4.69) is 5.32 Å². The van der Waals surface area contributed by atoms with Crippen LogP contribution in [-0.4, -0.2) is 42.4 Å². The highest BCUT2D eigenvalue weighted by Gasteiger charge is 2.49. The summed E-state index contributed by atoms with van der Waals surface area (Å²) in [5.41, 5.74) is 0. The summed E-state index contributed by atoms with van der Waals surface area (Å²) in [6.45, 7) is 4.04. The maximum Gasteiger partial charge on any atom is 0.249 e. The number of hydrogen-bond donors (Lipinski definition) is 1. The molecule has 1 atom stereocenters. The molecule has 1 saturated carbocycles. The summed E-state index contributed by atoms with van der Waals surface area (Å²) in [5, 5.41) is 3.22. The highest BCUT2D eigenvalue weighted by Crippen LogP contribution is 2.43. The Bertz CT molecular complexity index is 262. The normalized spacial score (nSPS) is 31.1. The smallest absolute Gasteiger partial charge is 0.249 e. The van der Waals surface area contributed by atoms with E-state index < -0.39 is 11.8 Å². The van der Waals surface area contributed by atoms with E-state index in [9.17, 15) is 13.6 Å². The quantitative estimate of drug-likeness (QED) is 0.707. The first-order valence-electron chi connectivity index (χ1n) is 5.38. The van der Waals surface area contributed by atoms with Crippen molar-refractivity contribution in [2.45, 2.75) is 31.7 Å². The lowest BCUT2D eigenvalue weighted by molar-refractivity contribution is -0.160. The third-order valence-electron chi connectivity index (χ3n) is 3.12. The topological polar surface area (TPSA) is 32.3 Å². The predicted octanol–water partition coefficient (Wildman–Crippen LogP) is 0.852. The standard InChI is InChI=1S/C10H16F2N2O/c1-7-6-14(3-2-13-7)9(15)8-4-10(11,12)5-8/h7-8,13H,2-6H2,1H3. The summed E-state index contributed by atoms with van der Waals surface area (Å²) in [4.78, 5) is 13.5. The molecule has 1 amide bonds. The van der Waals surface area contributed by atoms with Gasteiger partial charge in [-0.3, -0.25) is 4.79 Å². The van der Waals surface area contributed by atoms with Crippen molar-refractivity contribution in [2.24, 2.45) is 5.92 Å². The Morgan fingerprint density at radius 3 is 2.67 bits per heavy atom. The van der Waals surface area contributed by atoms with Crippen molar-refractivity contribution in [1.29, 1.82) is 0 Å². The minimum absolute atomic E-state index is 0.0886. The Kier molecular flexibility index (Phi) is 2.66. The van der Waals surface area contributed by atoms with Crippen LogP contribution in [-0.2, 0) is 4.79 Å². The monoisotopic (exact) mass is 218 g/mol. The van der Waals surface area contributed by atoms with Crippen molar-refractivity contribution in [2.75, 3.05) is 19.6 Å². The second kappa shape index (κ2) is 3.70. The number of carbonyl (C=O) groups excluding carboxylic acids is 1. The van der Waals surface area contributed by atoms with Crippen LogP contribution in [0.1, 0.15) is 19.8 Å². The van der Waals surface area contributed by atoms with Crippen LogP contribution in [0.25, 0.3) is 0 Å². The number of carbonyl (C=O) groups is 1. The van der Waals surface area contributed by atoms with Crippen LogP contribution in [0.5, 0.6) is 0 Å². The van der Waals surface area contributed by atoms with Gasteiger partial charge in [-0.15, -0.1) is 0 Å². The molecule has 2 rings (SSSR count). The molecule has 1 aliphatic carbocycles. The summed E-state index contributed by atoms with van der Waals surface area (Å²) in [6.07, 6.45) is -0.520. The second-order valence-electron chi connectivity index (χ2n) is 4.60. The fourth-order valence-corrected chi connectivity index (χ4v) is 2.23. The van der Waals surface area contributed by atoms with Crippen LogP contribution >= 0.6 is 0 Å². The zero-order chi connectivity index (χ0) is 11.1. The van der Waals surface area contributed by atoms with Gasteiger partial charge in [0.1, 0.15) is 0 Å². The van der Waals surface area contributed by atoms with Crippen LogP contribution < -0.4 is 5.32 Å². The van der Waals surface area contributed by atoms with Gasteiger partial charge in [0.15, 0.2) is 0 Å². The van der Waals surface area contributed by atoms with Crippen molar-refractivity contribution in [1.82, 2.24) is 10.2 Å². The van der Waals surface area contributed by atoms with Gasteiger partial charge in [-0.25, -0.2) is 8.78 Å². The Morgan fingerprint density at radius 1 is 1.47 bits per heavy atom. The highest BCUT2D eigenvalue weighted by atomic mass is 19.3. The van der Waals surface area contributed by atoms with Gasteiger partial charge in [0, 0.05) is 44.4 Å². The van der Waals surface area contributed by atoms with Crippen molar-refractivity contribution < 1.29 is 13.6 Å². The van der Waals surface area contributed by atoms with Crippen molar-refractivity contribution in [3.05, 3.63) is 0 Å².